The smallest absolute Gasteiger partial charge is 0.314 e. The predicted molar refractivity (Wildman–Crippen MR) is 101 cm³/mol. The lowest BCUT2D eigenvalue weighted by molar-refractivity contribution is -0.158. The first-order chi connectivity index (χ1) is 11.1. The van der Waals surface area contributed by atoms with E-state index in [2.05, 4.69) is 17.4 Å². The lowest BCUT2D eigenvalue weighted by Gasteiger charge is -2.42. The van der Waals surface area contributed by atoms with E-state index in [1.54, 1.807) is 6.08 Å². The van der Waals surface area contributed by atoms with E-state index in [-0.39, 0.29) is 23.4 Å². The van der Waals surface area contributed by atoms with E-state index in [9.17, 15) is 9.35 Å². The first-order valence-corrected chi connectivity index (χ1v) is 9.88. The maximum atomic E-state index is 12.9. The first kappa shape index (κ1) is 21.3. The van der Waals surface area contributed by atoms with E-state index in [4.69, 9.17) is 4.74 Å². The molecule has 4 nitrogen and oxygen atoms in total. The van der Waals surface area contributed by atoms with Crippen LogP contribution in [0.4, 0.5) is 0 Å². The molecule has 0 aromatic heterocycles. The van der Waals surface area contributed by atoms with Gasteiger partial charge in [-0.3, -0.25) is 4.79 Å². The van der Waals surface area contributed by atoms with Crippen molar-refractivity contribution < 1.29 is 14.1 Å². The van der Waals surface area contributed by atoms with Crippen LogP contribution in [0.15, 0.2) is 24.3 Å². The number of hydrogen-bond acceptors (Lipinski definition) is 4. The second kappa shape index (κ2) is 9.07. The van der Waals surface area contributed by atoms with Crippen LogP contribution in [0, 0.1) is 5.41 Å². The molecule has 138 valence electrons. The number of hydrogen-bond donors (Lipinski definition) is 1. The van der Waals surface area contributed by atoms with Crippen LogP contribution < -0.4 is 4.72 Å². The van der Waals surface area contributed by atoms with Crippen LogP contribution >= 0.6 is 0 Å². The van der Waals surface area contributed by atoms with Crippen LogP contribution in [-0.2, 0) is 20.9 Å². The molecule has 0 amide bonds. The van der Waals surface area contributed by atoms with Crippen molar-refractivity contribution in [2.75, 3.05) is 6.61 Å². The topological polar surface area (TPSA) is 61.4 Å². The summed E-state index contributed by atoms with van der Waals surface area (Å²) in [5.41, 5.74) is 0.520. The van der Waals surface area contributed by atoms with E-state index in [0.717, 1.165) is 25.7 Å². The van der Waals surface area contributed by atoms with Gasteiger partial charge < -0.3 is 9.29 Å². The third kappa shape index (κ3) is 5.64. The highest BCUT2D eigenvalue weighted by molar-refractivity contribution is 7.90. The molecule has 3 atom stereocenters. The molecule has 0 aromatic rings. The molecule has 0 spiro atoms. The highest BCUT2D eigenvalue weighted by Crippen LogP contribution is 2.42. The van der Waals surface area contributed by atoms with Crippen LogP contribution in [0.5, 0.6) is 0 Å². The van der Waals surface area contributed by atoms with E-state index in [1.165, 1.54) is 5.57 Å². The van der Waals surface area contributed by atoms with E-state index >= 15 is 0 Å². The van der Waals surface area contributed by atoms with Gasteiger partial charge in [0.1, 0.15) is 11.4 Å². The lowest BCUT2D eigenvalue weighted by Crippen LogP contribution is -2.56. The zero-order chi connectivity index (χ0) is 18.4. The van der Waals surface area contributed by atoms with Crippen LogP contribution in [0.2, 0.25) is 0 Å². The number of allylic oxidation sites excluding steroid dienone is 2. The van der Waals surface area contributed by atoms with Crippen molar-refractivity contribution in [1.82, 2.24) is 4.72 Å². The summed E-state index contributed by atoms with van der Waals surface area (Å²) in [7, 11) is 0. The maximum Gasteiger partial charge on any atom is 0.314 e. The number of esters is 1. The molecular formula is C19H33NO3S. The third-order valence-corrected chi connectivity index (χ3v) is 6.06. The Balaban J connectivity index is 3.10. The molecule has 24 heavy (non-hydrogen) atoms. The summed E-state index contributed by atoms with van der Waals surface area (Å²) in [5, 5.41) is 0. The van der Waals surface area contributed by atoms with Gasteiger partial charge in [0.05, 0.1) is 11.5 Å². The highest BCUT2D eigenvalue weighted by atomic mass is 32.2. The van der Waals surface area contributed by atoms with Gasteiger partial charge in [-0.15, -0.1) is 4.72 Å². The minimum absolute atomic E-state index is 0.140. The Morgan fingerprint density at radius 3 is 2.62 bits per heavy atom. The van der Waals surface area contributed by atoms with Crippen molar-refractivity contribution in [2.45, 2.75) is 77.5 Å². The van der Waals surface area contributed by atoms with Gasteiger partial charge >= 0.3 is 5.97 Å². The molecule has 1 N–H and O–H groups in total. The van der Waals surface area contributed by atoms with Crippen molar-refractivity contribution in [1.29, 1.82) is 0 Å². The van der Waals surface area contributed by atoms with Gasteiger partial charge in [-0.2, -0.15) is 0 Å². The van der Waals surface area contributed by atoms with Crippen LogP contribution in [0.1, 0.15) is 66.7 Å². The van der Waals surface area contributed by atoms with Gasteiger partial charge in [0.25, 0.3) is 0 Å². The van der Waals surface area contributed by atoms with Gasteiger partial charge in [0.15, 0.2) is 0 Å². The zero-order valence-electron chi connectivity index (χ0n) is 15.8. The van der Waals surface area contributed by atoms with Gasteiger partial charge in [0.2, 0.25) is 0 Å². The quantitative estimate of drug-likeness (QED) is 0.425. The van der Waals surface area contributed by atoms with Crippen molar-refractivity contribution in [3.63, 3.8) is 0 Å². The second-order valence-corrected chi connectivity index (χ2v) is 9.82. The average Bonchev–Trinajstić information content (AvgIpc) is 2.50. The number of rotatable bonds is 7. The monoisotopic (exact) mass is 355 g/mol. The Hall–Kier alpha value is -0.780. The molecule has 0 aliphatic heterocycles. The SMILES string of the molecule is C=CCOC(=O)[C@]1(CC=C(C)C)CCCC[C@H]1N[S+]([O-])C(C)(C)C. The molecule has 1 saturated carbocycles. The van der Waals surface area contributed by atoms with E-state index in [1.807, 2.05) is 34.6 Å². The van der Waals surface area contributed by atoms with Crippen LogP contribution in [0.3, 0.4) is 0 Å². The number of nitrogens with one attached hydrogen (secondary N) is 1. The minimum Gasteiger partial charge on any atom is -0.598 e. The van der Waals surface area contributed by atoms with Crippen LogP contribution in [-0.4, -0.2) is 27.9 Å². The molecule has 0 saturated heterocycles. The summed E-state index contributed by atoms with van der Waals surface area (Å²) in [6.45, 7) is 13.7. The molecule has 1 aliphatic rings. The number of ether oxygens (including phenoxy) is 1. The van der Waals surface area contributed by atoms with Crippen LogP contribution in [0.25, 0.3) is 0 Å². The Bertz CT molecular complexity index is 466. The Morgan fingerprint density at radius 1 is 1.42 bits per heavy atom. The predicted octanol–water partition coefficient (Wildman–Crippen LogP) is 4.05. The molecule has 0 heterocycles. The second-order valence-electron chi connectivity index (χ2n) is 7.83. The number of carbonyl (C=O) groups is 1. The molecule has 5 heteroatoms. The summed E-state index contributed by atoms with van der Waals surface area (Å²) >= 11 is -1.22. The maximum absolute atomic E-state index is 12.9. The van der Waals surface area contributed by atoms with Crippen molar-refractivity contribution in [3.05, 3.63) is 24.3 Å². The molecule has 0 aromatic carbocycles. The minimum atomic E-state index is -1.22. The average molecular weight is 356 g/mol. The lowest BCUT2D eigenvalue weighted by atomic mass is 9.68. The fraction of sp³-hybridized carbons (Fsp3) is 0.737. The summed E-state index contributed by atoms with van der Waals surface area (Å²) in [5.74, 6) is -0.206. The number of carbonyl (C=O) groups excluding carboxylic acids is 1. The standard InChI is InChI=1S/C19H33NO3S/c1-7-14-23-17(21)19(13-11-15(2)3)12-9-8-10-16(19)20-24(22)18(4,5)6/h7,11,16,20H,1,8-10,12-14H2,2-6H3/t16-,19+,24?/m1/s1. The molecule has 1 fully saturated rings. The van der Waals surface area contributed by atoms with Gasteiger partial charge in [-0.25, -0.2) is 0 Å². The highest BCUT2D eigenvalue weighted by Gasteiger charge is 2.50. The molecule has 1 rings (SSSR count). The molecule has 0 bridgehead atoms. The molecule has 1 unspecified atom stereocenters. The Labute approximate surface area is 150 Å². The van der Waals surface area contributed by atoms with Gasteiger partial charge in [0, 0.05) is 11.4 Å². The summed E-state index contributed by atoms with van der Waals surface area (Å²) in [6.07, 6.45) is 7.91. The zero-order valence-corrected chi connectivity index (χ0v) is 16.6. The molecule has 0 radical (unpaired) electrons. The van der Waals surface area contributed by atoms with Crippen molar-refractivity contribution in [3.8, 4) is 0 Å². The fourth-order valence-corrected chi connectivity index (χ4v) is 3.91. The summed E-state index contributed by atoms with van der Waals surface area (Å²) in [6, 6.07) is -0.140. The summed E-state index contributed by atoms with van der Waals surface area (Å²) in [4.78, 5) is 12.9. The first-order valence-electron chi connectivity index (χ1n) is 8.73. The fourth-order valence-electron chi connectivity index (χ4n) is 2.95. The molecular weight excluding hydrogens is 322 g/mol. The van der Waals surface area contributed by atoms with Gasteiger partial charge in [-0.05, 0) is 53.9 Å². The van der Waals surface area contributed by atoms with E-state index in [0.29, 0.717) is 6.42 Å². The van der Waals surface area contributed by atoms with E-state index < -0.39 is 16.8 Å². The van der Waals surface area contributed by atoms with Crippen molar-refractivity contribution in [2.24, 2.45) is 5.41 Å². The summed E-state index contributed by atoms with van der Waals surface area (Å²) < 4.78 is 20.9. The normalized spacial score (nSPS) is 25.7. The molecule has 1 aliphatic carbocycles. The Kier molecular flexibility index (Phi) is 8.03. The third-order valence-electron chi connectivity index (χ3n) is 4.45. The Morgan fingerprint density at radius 2 is 2.08 bits per heavy atom. The van der Waals surface area contributed by atoms with Crippen molar-refractivity contribution >= 4 is 17.3 Å². The largest absolute Gasteiger partial charge is 0.598 e. The van der Waals surface area contributed by atoms with Gasteiger partial charge in [-0.1, -0.05) is 37.1 Å².